The summed E-state index contributed by atoms with van der Waals surface area (Å²) < 4.78 is 0. The molecule has 0 aromatic heterocycles. The van der Waals surface area contributed by atoms with Gasteiger partial charge in [0.05, 0.1) is 11.6 Å². The number of para-hydroxylation sites is 1. The zero-order valence-corrected chi connectivity index (χ0v) is 15.9. The highest BCUT2D eigenvalue weighted by atomic mass is 16.2. The number of nitrogens with zero attached hydrogens (tertiary/aromatic N) is 1. The Labute approximate surface area is 164 Å². The smallest absolute Gasteiger partial charge is 0.261 e. The minimum absolute atomic E-state index is 0.120. The van der Waals surface area contributed by atoms with Crippen molar-refractivity contribution >= 4 is 23.4 Å². The van der Waals surface area contributed by atoms with Crippen LogP contribution in [0.5, 0.6) is 0 Å². The second-order valence-corrected chi connectivity index (χ2v) is 6.76. The molecule has 6 heteroatoms. The minimum atomic E-state index is -0.798. The summed E-state index contributed by atoms with van der Waals surface area (Å²) >= 11 is 0. The van der Waals surface area contributed by atoms with Crippen molar-refractivity contribution in [3.05, 3.63) is 66.7 Å². The highest BCUT2D eigenvalue weighted by Gasteiger charge is 2.33. The molecule has 2 aromatic rings. The van der Waals surface area contributed by atoms with Crippen molar-refractivity contribution < 1.29 is 14.4 Å². The summed E-state index contributed by atoms with van der Waals surface area (Å²) in [5, 5.41) is 3.88. The summed E-state index contributed by atoms with van der Waals surface area (Å²) in [5.74, 6) is -1.45. The van der Waals surface area contributed by atoms with Crippen LogP contribution in [0.15, 0.2) is 61.2 Å². The Balaban J connectivity index is 1.93. The molecule has 2 atom stereocenters. The zero-order chi connectivity index (χ0) is 20.3. The molecule has 6 nitrogen and oxygen atoms in total. The molecule has 0 radical (unpaired) electrons. The van der Waals surface area contributed by atoms with Crippen LogP contribution in [0.3, 0.4) is 0 Å². The fourth-order valence-corrected chi connectivity index (χ4v) is 3.28. The standard InChI is InChI=1S/C22H23N3O3/c1-4-9-20(26)23-15(3)21(27)24-25-19-13-8-7-12-18(19)17-11-6-5-10-16(17)14(2)22(25)28/h4-8,10-15H,1,9H2,2-3H3,(H,23,26)(H,24,27)/t14?,15-/m0/s1. The number of nitrogens with one attached hydrogen (secondary N) is 2. The van der Waals surface area contributed by atoms with Crippen LogP contribution < -0.4 is 15.8 Å². The van der Waals surface area contributed by atoms with E-state index in [2.05, 4.69) is 17.3 Å². The third-order valence-electron chi connectivity index (χ3n) is 4.78. The Hall–Kier alpha value is -3.41. The van der Waals surface area contributed by atoms with E-state index in [1.807, 2.05) is 49.4 Å². The molecule has 144 valence electrons. The Morgan fingerprint density at radius 1 is 1.14 bits per heavy atom. The van der Waals surface area contributed by atoms with Crippen molar-refractivity contribution in [2.24, 2.45) is 0 Å². The van der Waals surface area contributed by atoms with Crippen LogP contribution >= 0.6 is 0 Å². The van der Waals surface area contributed by atoms with E-state index < -0.39 is 17.9 Å². The predicted molar refractivity (Wildman–Crippen MR) is 108 cm³/mol. The lowest BCUT2D eigenvalue weighted by atomic mass is 9.92. The largest absolute Gasteiger partial charge is 0.344 e. The normalized spacial score (nSPS) is 16.3. The Morgan fingerprint density at radius 3 is 2.50 bits per heavy atom. The summed E-state index contributed by atoms with van der Waals surface area (Å²) in [6, 6.07) is 14.4. The van der Waals surface area contributed by atoms with E-state index in [1.165, 1.54) is 11.1 Å². The van der Waals surface area contributed by atoms with Gasteiger partial charge in [-0.1, -0.05) is 48.5 Å². The summed E-state index contributed by atoms with van der Waals surface area (Å²) in [5.41, 5.74) is 6.01. The topological polar surface area (TPSA) is 78.5 Å². The van der Waals surface area contributed by atoms with Crippen LogP contribution in [-0.4, -0.2) is 23.8 Å². The van der Waals surface area contributed by atoms with Gasteiger partial charge in [-0.25, -0.2) is 5.01 Å². The van der Waals surface area contributed by atoms with Gasteiger partial charge in [0, 0.05) is 12.0 Å². The van der Waals surface area contributed by atoms with Crippen molar-refractivity contribution in [1.82, 2.24) is 10.7 Å². The first-order valence-corrected chi connectivity index (χ1v) is 9.17. The van der Waals surface area contributed by atoms with E-state index in [4.69, 9.17) is 0 Å². The average Bonchev–Trinajstić information content (AvgIpc) is 2.78. The zero-order valence-electron chi connectivity index (χ0n) is 15.9. The number of rotatable bonds is 5. The van der Waals surface area contributed by atoms with Gasteiger partial charge in [0.25, 0.3) is 11.8 Å². The Morgan fingerprint density at radius 2 is 1.79 bits per heavy atom. The van der Waals surface area contributed by atoms with Crippen LogP contribution in [0.25, 0.3) is 11.1 Å². The quantitative estimate of drug-likeness (QED) is 0.787. The van der Waals surface area contributed by atoms with E-state index in [-0.39, 0.29) is 18.2 Å². The van der Waals surface area contributed by atoms with Gasteiger partial charge >= 0.3 is 0 Å². The van der Waals surface area contributed by atoms with Gasteiger partial charge in [0.2, 0.25) is 5.91 Å². The van der Waals surface area contributed by atoms with Gasteiger partial charge in [-0.05, 0) is 31.0 Å². The molecule has 1 heterocycles. The van der Waals surface area contributed by atoms with E-state index >= 15 is 0 Å². The number of hydrogen-bond acceptors (Lipinski definition) is 3. The Bertz CT molecular complexity index is 938. The number of carbonyl (C=O) groups is 3. The Kier molecular flexibility index (Phi) is 5.59. The highest BCUT2D eigenvalue weighted by molar-refractivity contribution is 6.06. The molecule has 3 amide bonds. The molecule has 28 heavy (non-hydrogen) atoms. The minimum Gasteiger partial charge on any atom is -0.344 e. The fourth-order valence-electron chi connectivity index (χ4n) is 3.28. The highest BCUT2D eigenvalue weighted by Crippen LogP contribution is 2.39. The molecule has 3 rings (SSSR count). The number of carbonyl (C=O) groups excluding carboxylic acids is 3. The van der Waals surface area contributed by atoms with E-state index in [0.29, 0.717) is 5.69 Å². The van der Waals surface area contributed by atoms with Gasteiger partial charge in [-0.15, -0.1) is 6.58 Å². The molecule has 0 spiro atoms. The lowest BCUT2D eigenvalue weighted by Gasteiger charge is -2.26. The number of amides is 3. The lowest BCUT2D eigenvalue weighted by Crippen LogP contribution is -2.54. The molecular formula is C22H23N3O3. The van der Waals surface area contributed by atoms with Crippen LogP contribution in [0.1, 0.15) is 31.7 Å². The maximum Gasteiger partial charge on any atom is 0.261 e. The average molecular weight is 377 g/mol. The molecule has 0 saturated carbocycles. The molecule has 2 aromatic carbocycles. The van der Waals surface area contributed by atoms with Crippen LogP contribution in [0, 0.1) is 0 Å². The van der Waals surface area contributed by atoms with Crippen molar-refractivity contribution in [2.45, 2.75) is 32.2 Å². The van der Waals surface area contributed by atoms with Crippen LogP contribution in [0.4, 0.5) is 5.69 Å². The van der Waals surface area contributed by atoms with Crippen LogP contribution in [0.2, 0.25) is 0 Å². The van der Waals surface area contributed by atoms with Crippen molar-refractivity contribution in [1.29, 1.82) is 0 Å². The third-order valence-corrected chi connectivity index (χ3v) is 4.78. The molecule has 0 bridgehead atoms. The summed E-state index contributed by atoms with van der Waals surface area (Å²) in [6.07, 6.45) is 1.59. The predicted octanol–water partition coefficient (Wildman–Crippen LogP) is 2.92. The van der Waals surface area contributed by atoms with Crippen molar-refractivity contribution in [2.75, 3.05) is 5.01 Å². The molecule has 1 aliphatic rings. The monoisotopic (exact) mass is 377 g/mol. The van der Waals surface area contributed by atoms with Gasteiger partial charge in [0.1, 0.15) is 6.04 Å². The molecule has 1 aliphatic heterocycles. The second-order valence-electron chi connectivity index (χ2n) is 6.76. The van der Waals surface area contributed by atoms with E-state index in [1.54, 1.807) is 13.0 Å². The first-order chi connectivity index (χ1) is 13.4. The van der Waals surface area contributed by atoms with Crippen molar-refractivity contribution in [3.63, 3.8) is 0 Å². The van der Waals surface area contributed by atoms with Gasteiger partial charge in [0.15, 0.2) is 0 Å². The first kappa shape index (κ1) is 19.4. The van der Waals surface area contributed by atoms with E-state index in [9.17, 15) is 14.4 Å². The number of anilines is 1. The summed E-state index contributed by atoms with van der Waals surface area (Å²) in [7, 11) is 0. The molecule has 1 unspecified atom stereocenters. The summed E-state index contributed by atoms with van der Waals surface area (Å²) in [6.45, 7) is 6.90. The SMILES string of the molecule is C=CCC(=O)N[C@@H](C)C(=O)NN1C(=O)C(C)c2ccccc2-c2ccccc21. The lowest BCUT2D eigenvalue weighted by molar-refractivity contribution is -0.130. The number of benzene rings is 2. The third kappa shape index (κ3) is 3.67. The molecular weight excluding hydrogens is 354 g/mol. The second kappa shape index (κ2) is 8.08. The van der Waals surface area contributed by atoms with Crippen molar-refractivity contribution in [3.8, 4) is 11.1 Å². The van der Waals surface area contributed by atoms with E-state index in [0.717, 1.165) is 16.7 Å². The first-order valence-electron chi connectivity index (χ1n) is 9.17. The van der Waals surface area contributed by atoms with Gasteiger partial charge in [-0.3, -0.25) is 19.8 Å². The molecule has 0 fully saturated rings. The van der Waals surface area contributed by atoms with Gasteiger partial charge in [-0.2, -0.15) is 0 Å². The molecule has 0 saturated heterocycles. The maximum absolute atomic E-state index is 13.2. The van der Waals surface area contributed by atoms with Gasteiger partial charge < -0.3 is 5.32 Å². The number of hydrogen-bond donors (Lipinski definition) is 2. The van der Waals surface area contributed by atoms with Crippen LogP contribution in [-0.2, 0) is 14.4 Å². The summed E-state index contributed by atoms with van der Waals surface area (Å²) in [4.78, 5) is 37.5. The molecule has 0 aliphatic carbocycles. The fraction of sp³-hybridized carbons (Fsp3) is 0.227. The number of fused-ring (bicyclic) bond motifs is 3. The molecule has 2 N–H and O–H groups in total. The number of hydrazine groups is 1. The maximum atomic E-state index is 13.2.